The maximum Gasteiger partial charge on any atom is 0.329 e. The smallest absolute Gasteiger partial charge is 0.329 e. The standard InChI is InChI=1S/C46H85O10P/c1-6-7-8-9-10-11-12-13-14-15-16-17-18-19-25-55-39-30-43(53-5)56-40(39)31-54-24-20-21-32(2)35-22-23-36-44-37(29-41(49)46(35,36)4)45(3)33(27-38(44)48)26-34(47)28-42(45)57(50,51)52/h32-44,47-49H,6-31H2,1-5H3,(H2,50,51,52)/t32-,33+,34+,35-,36+,37+,38-,39+,40-,41+,42?,43?,44+,45+,46-/m1/s1. The summed E-state index contributed by atoms with van der Waals surface area (Å²) in [7, 11) is -2.83. The van der Waals surface area contributed by atoms with Crippen molar-refractivity contribution in [3.8, 4) is 0 Å². The summed E-state index contributed by atoms with van der Waals surface area (Å²) >= 11 is 0. The minimum Gasteiger partial charge on any atom is -0.393 e. The van der Waals surface area contributed by atoms with Gasteiger partial charge in [-0.3, -0.25) is 4.57 Å². The summed E-state index contributed by atoms with van der Waals surface area (Å²) < 4.78 is 37.1. The lowest BCUT2D eigenvalue weighted by molar-refractivity contribution is -0.206. The van der Waals surface area contributed by atoms with Gasteiger partial charge in [-0.15, -0.1) is 0 Å². The van der Waals surface area contributed by atoms with Crippen LogP contribution in [0.1, 0.15) is 175 Å². The molecule has 5 rings (SSSR count). The minimum atomic E-state index is -4.52. The molecule has 0 aromatic heterocycles. The van der Waals surface area contributed by atoms with Gasteiger partial charge >= 0.3 is 7.60 Å². The van der Waals surface area contributed by atoms with Crippen LogP contribution in [0.15, 0.2) is 0 Å². The van der Waals surface area contributed by atoms with Gasteiger partial charge in [-0.1, -0.05) is 111 Å². The Bertz CT molecular complexity index is 1220. The van der Waals surface area contributed by atoms with E-state index in [9.17, 15) is 29.7 Å². The van der Waals surface area contributed by atoms with E-state index in [1.807, 2.05) is 6.92 Å². The molecule has 1 saturated heterocycles. The SMILES string of the molecule is CCCCCCCCCCCCCCCCO[C@H]1CC(OC)O[C@@H]1COCCC[C@@H](C)[C@H]1CC[C@H]2[C@@H]3[C@H](O)C[C@@H]4C[C@H](O)CC(P(=O)(O)O)[C@]4(C)[C@H]3C[C@H](O)[C@]12C. The third kappa shape index (κ3) is 11.7. The number of fused-ring (bicyclic) bond motifs is 5. The van der Waals surface area contributed by atoms with Crippen molar-refractivity contribution in [2.24, 2.45) is 46.3 Å². The summed E-state index contributed by atoms with van der Waals surface area (Å²) in [6.07, 6.45) is 22.2. The number of rotatable bonds is 25. The molecule has 0 radical (unpaired) electrons. The van der Waals surface area contributed by atoms with Crippen molar-refractivity contribution >= 4 is 7.60 Å². The second-order valence-electron chi connectivity index (χ2n) is 20.0. The molecule has 4 aliphatic carbocycles. The van der Waals surface area contributed by atoms with Crippen LogP contribution in [0.3, 0.4) is 0 Å². The summed E-state index contributed by atoms with van der Waals surface area (Å²) in [5.41, 5.74) is -2.08. The van der Waals surface area contributed by atoms with Gasteiger partial charge in [0.1, 0.15) is 6.10 Å². The van der Waals surface area contributed by atoms with Gasteiger partial charge in [0, 0.05) is 26.7 Å². The van der Waals surface area contributed by atoms with Crippen LogP contribution in [0.4, 0.5) is 0 Å². The summed E-state index contributed by atoms with van der Waals surface area (Å²) in [5.74, 6) is 0.227. The maximum atomic E-state index is 12.9. The predicted molar refractivity (Wildman–Crippen MR) is 225 cm³/mol. The highest BCUT2D eigenvalue weighted by atomic mass is 31.2. The van der Waals surface area contributed by atoms with Crippen molar-refractivity contribution in [1.82, 2.24) is 0 Å². The van der Waals surface area contributed by atoms with Crippen LogP contribution in [0, 0.1) is 46.3 Å². The summed E-state index contributed by atoms with van der Waals surface area (Å²) in [6, 6.07) is 0. The zero-order valence-corrected chi connectivity index (χ0v) is 37.5. The van der Waals surface area contributed by atoms with Crippen molar-refractivity contribution in [3.63, 3.8) is 0 Å². The third-order valence-corrected chi connectivity index (χ3v) is 18.1. The fourth-order valence-electron chi connectivity index (χ4n) is 13.3. The van der Waals surface area contributed by atoms with Crippen molar-refractivity contribution in [2.45, 2.75) is 218 Å². The van der Waals surface area contributed by atoms with Gasteiger partial charge in [-0.25, -0.2) is 0 Å². The van der Waals surface area contributed by atoms with Crippen molar-refractivity contribution in [1.29, 1.82) is 0 Å². The molecule has 0 bridgehead atoms. The molecule has 0 spiro atoms. The van der Waals surface area contributed by atoms with Crippen LogP contribution in [0.25, 0.3) is 0 Å². The average molecular weight is 829 g/mol. The molecule has 5 aliphatic rings. The average Bonchev–Trinajstić information content (AvgIpc) is 3.74. The topological polar surface area (TPSA) is 155 Å². The van der Waals surface area contributed by atoms with E-state index in [0.29, 0.717) is 38.4 Å². The molecule has 1 aliphatic heterocycles. The fourth-order valence-corrected chi connectivity index (χ4v) is 14.9. The minimum absolute atomic E-state index is 0.0221. The molecule has 4 saturated carbocycles. The van der Waals surface area contributed by atoms with Crippen molar-refractivity contribution in [3.05, 3.63) is 0 Å². The van der Waals surface area contributed by atoms with E-state index in [1.54, 1.807) is 7.11 Å². The number of unbranched alkanes of at least 4 members (excludes halogenated alkanes) is 13. The predicted octanol–water partition coefficient (Wildman–Crippen LogP) is 9.16. The Morgan fingerprint density at radius 2 is 1.39 bits per heavy atom. The van der Waals surface area contributed by atoms with Gasteiger partial charge in [0.2, 0.25) is 0 Å². The van der Waals surface area contributed by atoms with Gasteiger partial charge in [0.25, 0.3) is 0 Å². The molecule has 334 valence electrons. The van der Waals surface area contributed by atoms with E-state index in [4.69, 9.17) is 18.9 Å². The highest BCUT2D eigenvalue weighted by Crippen LogP contribution is 2.71. The number of aliphatic hydroxyl groups is 3. The molecule has 5 N–H and O–H groups in total. The molecule has 0 aromatic carbocycles. The lowest BCUT2D eigenvalue weighted by Crippen LogP contribution is -2.65. The van der Waals surface area contributed by atoms with E-state index < -0.39 is 37.0 Å². The highest BCUT2D eigenvalue weighted by Gasteiger charge is 2.69. The molecule has 10 nitrogen and oxygen atoms in total. The quantitative estimate of drug-likeness (QED) is 0.0445. The van der Waals surface area contributed by atoms with Crippen molar-refractivity contribution < 1.29 is 48.6 Å². The molecule has 0 amide bonds. The maximum absolute atomic E-state index is 12.9. The van der Waals surface area contributed by atoms with Gasteiger partial charge in [0.15, 0.2) is 6.29 Å². The fraction of sp³-hybridized carbons (Fsp3) is 1.00. The first-order valence-corrected chi connectivity index (χ1v) is 25.4. The van der Waals surface area contributed by atoms with E-state index >= 15 is 0 Å². The van der Waals surface area contributed by atoms with Gasteiger partial charge in [-0.05, 0) is 104 Å². The van der Waals surface area contributed by atoms with Crippen LogP contribution in [0.5, 0.6) is 0 Å². The van der Waals surface area contributed by atoms with E-state index in [2.05, 4.69) is 20.8 Å². The van der Waals surface area contributed by atoms with Gasteiger partial charge in [-0.2, -0.15) is 0 Å². The summed E-state index contributed by atoms with van der Waals surface area (Å²) in [6.45, 7) is 10.6. The molecule has 57 heavy (non-hydrogen) atoms. The Hall–Kier alpha value is -0.130. The van der Waals surface area contributed by atoms with E-state index in [0.717, 1.165) is 45.1 Å². The molecule has 11 heteroatoms. The van der Waals surface area contributed by atoms with Gasteiger partial charge < -0.3 is 44.1 Å². The molecule has 15 atom stereocenters. The van der Waals surface area contributed by atoms with Crippen LogP contribution in [-0.2, 0) is 23.5 Å². The van der Waals surface area contributed by atoms with Crippen LogP contribution >= 0.6 is 7.60 Å². The normalized spacial score (nSPS) is 39.8. The van der Waals surface area contributed by atoms with Crippen LogP contribution < -0.4 is 0 Å². The lowest BCUT2D eigenvalue weighted by Gasteiger charge is -2.65. The number of hydrogen-bond donors (Lipinski definition) is 5. The molecule has 5 fully saturated rings. The monoisotopic (exact) mass is 829 g/mol. The highest BCUT2D eigenvalue weighted by molar-refractivity contribution is 7.52. The lowest BCUT2D eigenvalue weighted by atomic mass is 9.43. The van der Waals surface area contributed by atoms with Crippen LogP contribution in [-0.4, -0.2) is 94.5 Å². The Labute approximate surface area is 346 Å². The van der Waals surface area contributed by atoms with Gasteiger partial charge in [0.05, 0.1) is 36.7 Å². The first-order valence-electron chi connectivity index (χ1n) is 23.7. The number of aliphatic hydroxyl groups excluding tert-OH is 3. The summed E-state index contributed by atoms with van der Waals surface area (Å²) in [5, 5.41) is 34.3. The Kier molecular flexibility index (Phi) is 18.7. The number of methoxy groups -OCH3 is 1. The van der Waals surface area contributed by atoms with Crippen molar-refractivity contribution in [2.75, 3.05) is 26.9 Å². The van der Waals surface area contributed by atoms with E-state index in [1.165, 1.54) is 83.5 Å². The largest absolute Gasteiger partial charge is 0.393 e. The molecule has 0 aromatic rings. The first kappa shape index (κ1) is 47.9. The number of ether oxygens (including phenoxy) is 4. The van der Waals surface area contributed by atoms with Crippen LogP contribution in [0.2, 0.25) is 0 Å². The summed E-state index contributed by atoms with van der Waals surface area (Å²) in [4.78, 5) is 21.0. The van der Waals surface area contributed by atoms with E-state index in [-0.39, 0.29) is 59.9 Å². The zero-order chi connectivity index (χ0) is 41.2. The Morgan fingerprint density at radius 3 is 2.00 bits per heavy atom. The Balaban J connectivity index is 1.00. The third-order valence-electron chi connectivity index (χ3n) is 16.5. The molecular formula is C46H85O10P. The zero-order valence-electron chi connectivity index (χ0n) is 36.6. The second-order valence-corrected chi connectivity index (χ2v) is 21.8. The molecule has 2 unspecified atom stereocenters. The molecule has 1 heterocycles. The molecular weight excluding hydrogens is 743 g/mol. The second kappa shape index (κ2) is 22.3. The Morgan fingerprint density at radius 1 is 0.754 bits per heavy atom. The number of hydrogen-bond acceptors (Lipinski definition) is 8. The first-order chi connectivity index (χ1) is 27.3.